The SMILES string of the molecule is O=C(NC[C@H](O)COc1cccc(Cl)c1Cl)c1c(F)c(F)cc(F)c1F. The molecular weight excluding hydrogens is 401 g/mol. The van der Waals surface area contributed by atoms with Crippen molar-refractivity contribution in [3.05, 3.63) is 63.1 Å². The molecule has 0 saturated heterocycles. The van der Waals surface area contributed by atoms with Crippen molar-refractivity contribution >= 4 is 29.1 Å². The summed E-state index contributed by atoms with van der Waals surface area (Å²) in [6.45, 7) is -0.850. The Morgan fingerprint density at radius 2 is 1.77 bits per heavy atom. The van der Waals surface area contributed by atoms with E-state index in [1.807, 2.05) is 5.32 Å². The monoisotopic (exact) mass is 411 g/mol. The molecule has 2 aromatic carbocycles. The summed E-state index contributed by atoms with van der Waals surface area (Å²) in [4.78, 5) is 11.8. The lowest BCUT2D eigenvalue weighted by molar-refractivity contribution is 0.0835. The number of carbonyl (C=O) groups excluding carboxylic acids is 1. The van der Waals surface area contributed by atoms with Crippen LogP contribution in [0.1, 0.15) is 10.4 Å². The van der Waals surface area contributed by atoms with Crippen molar-refractivity contribution in [1.29, 1.82) is 0 Å². The Labute approximate surface area is 155 Å². The summed E-state index contributed by atoms with van der Waals surface area (Å²) in [5.74, 6) is -8.36. The third-order valence-electron chi connectivity index (χ3n) is 3.18. The van der Waals surface area contributed by atoms with E-state index < -0.39 is 47.4 Å². The highest BCUT2D eigenvalue weighted by Gasteiger charge is 2.25. The van der Waals surface area contributed by atoms with Gasteiger partial charge >= 0.3 is 0 Å². The molecule has 0 saturated carbocycles. The minimum absolute atomic E-state index is 0.0150. The average molecular weight is 412 g/mol. The minimum Gasteiger partial charge on any atom is -0.489 e. The Balaban J connectivity index is 1.96. The zero-order valence-corrected chi connectivity index (χ0v) is 14.3. The lowest BCUT2D eigenvalue weighted by Crippen LogP contribution is -2.36. The van der Waals surface area contributed by atoms with Crippen LogP contribution >= 0.6 is 23.2 Å². The van der Waals surface area contributed by atoms with Gasteiger partial charge in [0.1, 0.15) is 29.0 Å². The van der Waals surface area contributed by atoms with E-state index in [0.29, 0.717) is 0 Å². The van der Waals surface area contributed by atoms with Crippen LogP contribution in [0.4, 0.5) is 17.6 Å². The number of nitrogens with one attached hydrogen (secondary N) is 1. The molecule has 0 aliphatic heterocycles. The Kier molecular flexibility index (Phi) is 6.69. The fourth-order valence-corrected chi connectivity index (χ4v) is 2.26. The van der Waals surface area contributed by atoms with Gasteiger partial charge in [0.05, 0.1) is 5.02 Å². The first-order valence-corrected chi connectivity index (χ1v) is 7.84. The van der Waals surface area contributed by atoms with Gasteiger partial charge in [-0.05, 0) is 12.1 Å². The fraction of sp³-hybridized carbons (Fsp3) is 0.188. The van der Waals surface area contributed by atoms with Gasteiger partial charge < -0.3 is 15.2 Å². The molecule has 140 valence electrons. The molecular formula is C16H11Cl2F4NO3. The first-order chi connectivity index (χ1) is 12.2. The second-order valence-electron chi connectivity index (χ2n) is 5.07. The molecule has 0 aliphatic rings. The van der Waals surface area contributed by atoms with E-state index in [1.165, 1.54) is 12.1 Å². The number of benzene rings is 2. The molecule has 2 aromatic rings. The molecule has 2 N–H and O–H groups in total. The molecule has 0 spiro atoms. The van der Waals surface area contributed by atoms with Crippen LogP contribution in [0, 0.1) is 23.3 Å². The number of halogens is 6. The maximum absolute atomic E-state index is 13.5. The summed E-state index contributed by atoms with van der Waals surface area (Å²) >= 11 is 11.7. The number of rotatable bonds is 6. The van der Waals surface area contributed by atoms with Crippen LogP contribution in [0.25, 0.3) is 0 Å². The predicted octanol–water partition coefficient (Wildman–Crippen LogP) is 3.72. The van der Waals surface area contributed by atoms with E-state index in [-0.39, 0.29) is 28.5 Å². The maximum atomic E-state index is 13.5. The van der Waals surface area contributed by atoms with Crippen molar-refractivity contribution in [2.45, 2.75) is 6.10 Å². The third kappa shape index (κ3) is 4.57. The van der Waals surface area contributed by atoms with Crippen molar-refractivity contribution in [1.82, 2.24) is 5.32 Å². The van der Waals surface area contributed by atoms with E-state index in [9.17, 15) is 27.5 Å². The first-order valence-electron chi connectivity index (χ1n) is 7.08. The number of amides is 1. The molecule has 0 aliphatic carbocycles. The number of hydrogen-bond acceptors (Lipinski definition) is 3. The van der Waals surface area contributed by atoms with E-state index in [4.69, 9.17) is 27.9 Å². The van der Waals surface area contributed by atoms with Gasteiger partial charge in [0, 0.05) is 12.6 Å². The van der Waals surface area contributed by atoms with E-state index in [1.54, 1.807) is 6.07 Å². The number of carbonyl (C=O) groups is 1. The lowest BCUT2D eigenvalue weighted by atomic mass is 10.1. The highest BCUT2D eigenvalue weighted by molar-refractivity contribution is 6.42. The minimum atomic E-state index is -1.84. The molecule has 0 heterocycles. The molecule has 0 bridgehead atoms. The zero-order valence-electron chi connectivity index (χ0n) is 12.8. The van der Waals surface area contributed by atoms with Gasteiger partial charge in [-0.2, -0.15) is 0 Å². The molecule has 1 atom stereocenters. The average Bonchev–Trinajstić information content (AvgIpc) is 2.59. The van der Waals surface area contributed by atoms with Crippen molar-refractivity contribution in [2.75, 3.05) is 13.2 Å². The Morgan fingerprint density at radius 1 is 1.15 bits per heavy atom. The van der Waals surface area contributed by atoms with Gasteiger partial charge in [0.25, 0.3) is 5.91 Å². The van der Waals surface area contributed by atoms with Crippen molar-refractivity contribution in [2.24, 2.45) is 0 Å². The van der Waals surface area contributed by atoms with Crippen molar-refractivity contribution < 1.29 is 32.2 Å². The van der Waals surface area contributed by atoms with Crippen LogP contribution in [0.3, 0.4) is 0 Å². The van der Waals surface area contributed by atoms with Crippen LogP contribution in [0.15, 0.2) is 24.3 Å². The van der Waals surface area contributed by atoms with Crippen molar-refractivity contribution in [3.63, 3.8) is 0 Å². The summed E-state index contributed by atoms with van der Waals surface area (Å²) in [5, 5.41) is 12.1. The van der Waals surface area contributed by atoms with E-state index in [0.717, 1.165) is 0 Å². The van der Waals surface area contributed by atoms with Gasteiger partial charge in [-0.3, -0.25) is 4.79 Å². The second kappa shape index (κ2) is 8.57. The van der Waals surface area contributed by atoms with Crippen LogP contribution < -0.4 is 10.1 Å². The zero-order chi connectivity index (χ0) is 19.4. The van der Waals surface area contributed by atoms with Crippen LogP contribution in [-0.2, 0) is 0 Å². The number of aliphatic hydroxyl groups is 1. The molecule has 0 aromatic heterocycles. The van der Waals surface area contributed by atoms with Gasteiger partial charge in [-0.15, -0.1) is 0 Å². The lowest BCUT2D eigenvalue weighted by Gasteiger charge is -2.15. The standard InChI is InChI=1S/C16H11Cl2F4NO3/c17-8-2-1-3-11(13(8)18)26-6-7(24)5-23-16(25)12-14(21)9(19)4-10(20)15(12)22/h1-4,7,24H,5-6H2,(H,23,25)/t7-/m0/s1. The smallest absolute Gasteiger partial charge is 0.257 e. The Morgan fingerprint density at radius 3 is 2.38 bits per heavy atom. The van der Waals surface area contributed by atoms with E-state index in [2.05, 4.69) is 0 Å². The van der Waals surface area contributed by atoms with Crippen LogP contribution in [-0.4, -0.2) is 30.3 Å². The number of aliphatic hydroxyl groups excluding tert-OH is 1. The van der Waals surface area contributed by atoms with Crippen molar-refractivity contribution in [3.8, 4) is 5.75 Å². The normalized spacial score (nSPS) is 12.0. The molecule has 4 nitrogen and oxygen atoms in total. The molecule has 1 amide bonds. The summed E-state index contributed by atoms with van der Waals surface area (Å²) in [6, 6.07) is 4.55. The summed E-state index contributed by atoms with van der Waals surface area (Å²) < 4.78 is 58.4. The Bertz CT molecular complexity index is 809. The molecule has 26 heavy (non-hydrogen) atoms. The number of hydrogen-bond donors (Lipinski definition) is 2. The molecule has 2 rings (SSSR count). The van der Waals surface area contributed by atoms with Crippen LogP contribution in [0.2, 0.25) is 10.0 Å². The molecule has 0 radical (unpaired) electrons. The molecule has 0 unspecified atom stereocenters. The maximum Gasteiger partial charge on any atom is 0.257 e. The number of ether oxygens (including phenoxy) is 1. The first kappa shape index (κ1) is 20.3. The van der Waals surface area contributed by atoms with Gasteiger partial charge in [0.15, 0.2) is 23.3 Å². The summed E-state index contributed by atoms with van der Waals surface area (Å²) in [5.41, 5.74) is -1.42. The Hall–Kier alpha value is -2.03. The van der Waals surface area contributed by atoms with Crippen LogP contribution in [0.5, 0.6) is 5.75 Å². The highest BCUT2D eigenvalue weighted by atomic mass is 35.5. The fourth-order valence-electron chi connectivity index (χ4n) is 1.91. The van der Waals surface area contributed by atoms with Gasteiger partial charge in [-0.1, -0.05) is 29.3 Å². The predicted molar refractivity (Wildman–Crippen MR) is 86.6 cm³/mol. The summed E-state index contributed by atoms with van der Waals surface area (Å²) in [6.07, 6.45) is -1.31. The summed E-state index contributed by atoms with van der Waals surface area (Å²) in [7, 11) is 0. The van der Waals surface area contributed by atoms with Gasteiger partial charge in [-0.25, -0.2) is 17.6 Å². The quantitative estimate of drug-likeness (QED) is 0.562. The largest absolute Gasteiger partial charge is 0.489 e. The topological polar surface area (TPSA) is 58.6 Å². The molecule has 0 fully saturated rings. The van der Waals surface area contributed by atoms with E-state index >= 15 is 0 Å². The van der Waals surface area contributed by atoms with Gasteiger partial charge in [0.2, 0.25) is 0 Å². The third-order valence-corrected chi connectivity index (χ3v) is 3.99. The highest BCUT2D eigenvalue weighted by Crippen LogP contribution is 2.31. The second-order valence-corrected chi connectivity index (χ2v) is 5.86. The molecule has 10 heteroatoms.